The van der Waals surface area contributed by atoms with Crippen LogP contribution in [-0.2, 0) is 10.0 Å². The molecule has 146 valence electrons. The molecule has 0 radical (unpaired) electrons. The minimum absolute atomic E-state index is 0.0714. The first-order chi connectivity index (χ1) is 13.8. The maximum absolute atomic E-state index is 12.9. The van der Waals surface area contributed by atoms with Gasteiger partial charge in [0.15, 0.2) is 0 Å². The molecule has 5 nitrogen and oxygen atoms in total. The second-order valence-corrected chi connectivity index (χ2v) is 8.62. The fraction of sp³-hybridized carbons (Fsp3) is 0.0455. The molecule has 0 aliphatic rings. The Hall–Kier alpha value is -3.09. The molecule has 0 amide bonds. The highest BCUT2D eigenvalue weighted by Crippen LogP contribution is 2.31. The van der Waals surface area contributed by atoms with E-state index in [0.29, 0.717) is 32.8 Å². The minimum Gasteiger partial charge on any atom is -0.437 e. The average Bonchev–Trinajstić information content (AvgIpc) is 2.68. The Morgan fingerprint density at radius 1 is 0.966 bits per heavy atom. The third-order valence-electron chi connectivity index (χ3n) is 4.50. The summed E-state index contributed by atoms with van der Waals surface area (Å²) in [5.41, 5.74) is 9.07. The Morgan fingerprint density at radius 3 is 2.41 bits per heavy atom. The van der Waals surface area contributed by atoms with Crippen molar-refractivity contribution in [1.82, 2.24) is 0 Å². The number of nitrogens with two attached hydrogens (primary N) is 1. The van der Waals surface area contributed by atoms with Gasteiger partial charge in [0.25, 0.3) is 10.0 Å². The van der Waals surface area contributed by atoms with E-state index in [0.717, 1.165) is 5.56 Å². The molecule has 0 saturated carbocycles. The number of anilines is 1. The lowest BCUT2D eigenvalue weighted by Gasteiger charge is -2.10. The van der Waals surface area contributed by atoms with Crippen LogP contribution in [0.2, 0.25) is 5.02 Å². The Kier molecular flexibility index (Phi) is 4.90. The third-order valence-corrected chi connectivity index (χ3v) is 6.01. The zero-order chi connectivity index (χ0) is 20.6. The summed E-state index contributed by atoms with van der Waals surface area (Å²) in [5.74, 6) is 0. The number of fused-ring (bicyclic) bond motifs is 1. The first kappa shape index (κ1) is 19.2. The van der Waals surface area contributed by atoms with Gasteiger partial charge in [0.2, 0.25) is 5.55 Å². The molecule has 2 N–H and O–H groups in total. The Bertz CT molecular complexity index is 1390. The molecule has 1 aromatic heterocycles. The van der Waals surface area contributed by atoms with Gasteiger partial charge in [-0.05, 0) is 48.9 Å². The van der Waals surface area contributed by atoms with Crippen LogP contribution in [0.5, 0.6) is 0 Å². The number of aryl methyl sites for hydroxylation is 1. The van der Waals surface area contributed by atoms with Crippen molar-refractivity contribution >= 4 is 38.3 Å². The minimum atomic E-state index is -4.01. The van der Waals surface area contributed by atoms with E-state index in [-0.39, 0.29) is 10.4 Å². The van der Waals surface area contributed by atoms with E-state index in [4.69, 9.17) is 21.8 Å². The van der Waals surface area contributed by atoms with Gasteiger partial charge in [-0.3, -0.25) is 0 Å². The molecule has 0 unspecified atom stereocenters. The van der Waals surface area contributed by atoms with Crippen molar-refractivity contribution in [2.24, 2.45) is 4.40 Å². The Labute approximate surface area is 173 Å². The van der Waals surface area contributed by atoms with E-state index in [9.17, 15) is 8.42 Å². The lowest BCUT2D eigenvalue weighted by Crippen LogP contribution is -2.13. The zero-order valence-corrected chi connectivity index (χ0v) is 17.0. The van der Waals surface area contributed by atoms with Crippen LogP contribution in [0.1, 0.15) is 5.56 Å². The van der Waals surface area contributed by atoms with Crippen molar-refractivity contribution in [3.05, 3.63) is 88.9 Å². The third kappa shape index (κ3) is 3.77. The van der Waals surface area contributed by atoms with Crippen LogP contribution in [0.4, 0.5) is 5.69 Å². The Morgan fingerprint density at radius 2 is 1.69 bits per heavy atom. The number of halogens is 1. The summed E-state index contributed by atoms with van der Waals surface area (Å²) in [6.45, 7) is 1.88. The van der Waals surface area contributed by atoms with E-state index in [2.05, 4.69) is 4.40 Å². The summed E-state index contributed by atoms with van der Waals surface area (Å²) >= 11 is 6.14. The highest BCUT2D eigenvalue weighted by Gasteiger charge is 2.18. The van der Waals surface area contributed by atoms with Gasteiger partial charge < -0.3 is 10.2 Å². The highest BCUT2D eigenvalue weighted by molar-refractivity contribution is 7.90. The molecule has 29 heavy (non-hydrogen) atoms. The van der Waals surface area contributed by atoms with E-state index < -0.39 is 10.0 Å². The monoisotopic (exact) mass is 424 g/mol. The van der Waals surface area contributed by atoms with Crippen molar-refractivity contribution < 1.29 is 12.8 Å². The number of nitrogens with zero attached hydrogens (tertiary/aromatic N) is 1. The molecule has 7 heteroatoms. The number of para-hydroxylation sites is 1. The molecule has 0 bridgehead atoms. The molecule has 0 atom stereocenters. The van der Waals surface area contributed by atoms with Gasteiger partial charge in [-0.15, -0.1) is 4.40 Å². The van der Waals surface area contributed by atoms with Gasteiger partial charge >= 0.3 is 0 Å². The van der Waals surface area contributed by atoms with Crippen LogP contribution < -0.4 is 11.3 Å². The molecule has 0 spiro atoms. The number of rotatable bonds is 3. The number of sulfonamides is 1. The number of benzene rings is 3. The van der Waals surface area contributed by atoms with Crippen LogP contribution in [0.3, 0.4) is 0 Å². The first-order valence-corrected chi connectivity index (χ1v) is 10.6. The molecule has 0 fully saturated rings. The summed E-state index contributed by atoms with van der Waals surface area (Å²) in [6, 6.07) is 20.5. The van der Waals surface area contributed by atoms with Crippen molar-refractivity contribution in [3.63, 3.8) is 0 Å². The fourth-order valence-electron chi connectivity index (χ4n) is 3.04. The summed E-state index contributed by atoms with van der Waals surface area (Å²) in [5, 5.41) is 1.15. The number of hydrogen-bond donors (Lipinski definition) is 1. The van der Waals surface area contributed by atoms with Crippen molar-refractivity contribution in [1.29, 1.82) is 0 Å². The van der Waals surface area contributed by atoms with Gasteiger partial charge in [-0.2, -0.15) is 8.42 Å². The molecule has 1 heterocycles. The molecule has 0 aliphatic carbocycles. The average molecular weight is 425 g/mol. The molecular formula is C22H17ClN2O3S. The second kappa shape index (κ2) is 7.39. The van der Waals surface area contributed by atoms with Crippen LogP contribution >= 0.6 is 11.6 Å². The summed E-state index contributed by atoms with van der Waals surface area (Å²) < 4.78 is 35.7. The normalized spacial score (nSPS) is 12.4. The summed E-state index contributed by atoms with van der Waals surface area (Å²) in [4.78, 5) is 0.0714. The molecule has 0 aliphatic heterocycles. The lowest BCUT2D eigenvalue weighted by molar-refractivity contribution is 0.543. The molecule has 0 saturated heterocycles. The van der Waals surface area contributed by atoms with E-state index in [1.807, 2.05) is 13.0 Å². The smallest absolute Gasteiger partial charge is 0.285 e. The standard InChI is InChI=1S/C22H17ClN2O3S/c1-14-9-11-17(12-10-14)29(26,27)25-22-20(15-5-4-6-16(23)13-15)21(24)18-7-2-3-8-19(18)28-22/h2-13H,24H2,1H3/b25-22-. The number of nitrogen functional groups attached to an aromatic ring is 1. The molecule has 3 aromatic carbocycles. The molecule has 4 aromatic rings. The maximum Gasteiger partial charge on any atom is 0.285 e. The van der Waals surface area contributed by atoms with Gasteiger partial charge in [-0.25, -0.2) is 0 Å². The highest BCUT2D eigenvalue weighted by atomic mass is 35.5. The quantitative estimate of drug-likeness (QED) is 0.505. The number of hydrogen-bond acceptors (Lipinski definition) is 4. The first-order valence-electron chi connectivity index (χ1n) is 8.80. The zero-order valence-electron chi connectivity index (χ0n) is 15.5. The van der Waals surface area contributed by atoms with E-state index in [1.165, 1.54) is 12.1 Å². The second-order valence-electron chi connectivity index (χ2n) is 6.58. The lowest BCUT2D eigenvalue weighted by atomic mass is 10.0. The van der Waals surface area contributed by atoms with Crippen molar-refractivity contribution in [3.8, 4) is 11.1 Å². The topological polar surface area (TPSA) is 85.7 Å². The van der Waals surface area contributed by atoms with Crippen molar-refractivity contribution in [2.75, 3.05) is 5.73 Å². The van der Waals surface area contributed by atoms with Gasteiger partial charge in [-0.1, -0.05) is 53.6 Å². The Balaban J connectivity index is 2.06. The predicted octanol–water partition coefficient (Wildman–Crippen LogP) is 4.93. The molecular weight excluding hydrogens is 408 g/mol. The van der Waals surface area contributed by atoms with Gasteiger partial charge in [0.1, 0.15) is 5.58 Å². The fourth-order valence-corrected chi connectivity index (χ4v) is 4.17. The van der Waals surface area contributed by atoms with E-state index in [1.54, 1.807) is 54.6 Å². The van der Waals surface area contributed by atoms with Gasteiger partial charge in [0, 0.05) is 10.4 Å². The van der Waals surface area contributed by atoms with Crippen LogP contribution in [0.25, 0.3) is 22.1 Å². The van der Waals surface area contributed by atoms with Crippen LogP contribution in [0.15, 0.2) is 86.5 Å². The van der Waals surface area contributed by atoms with E-state index >= 15 is 0 Å². The van der Waals surface area contributed by atoms with Crippen LogP contribution in [0, 0.1) is 6.92 Å². The SMILES string of the molecule is Cc1ccc(S(=O)(=O)/N=c2\oc3ccccc3c(N)c2-c2cccc(Cl)c2)cc1. The van der Waals surface area contributed by atoms with Crippen LogP contribution in [-0.4, -0.2) is 8.42 Å². The summed E-state index contributed by atoms with van der Waals surface area (Å²) in [6.07, 6.45) is 0. The van der Waals surface area contributed by atoms with Gasteiger partial charge in [0.05, 0.1) is 16.1 Å². The predicted molar refractivity (Wildman–Crippen MR) is 115 cm³/mol. The summed E-state index contributed by atoms with van der Waals surface area (Å²) in [7, 11) is -4.01. The van der Waals surface area contributed by atoms with Crippen molar-refractivity contribution in [2.45, 2.75) is 11.8 Å². The largest absolute Gasteiger partial charge is 0.437 e. The maximum atomic E-state index is 12.9. The molecule has 4 rings (SSSR count).